The normalized spacial score (nSPS) is 16.9. The molecule has 0 aliphatic heterocycles. The number of nitrogens with zero attached hydrogens (tertiary/aromatic N) is 1. The van der Waals surface area contributed by atoms with Crippen LogP contribution in [-0.2, 0) is 0 Å². The van der Waals surface area contributed by atoms with Crippen molar-refractivity contribution in [3.05, 3.63) is 59.2 Å². The lowest BCUT2D eigenvalue weighted by molar-refractivity contribution is 0.619. The smallest absolute Gasteiger partial charge is 0.126 e. The summed E-state index contributed by atoms with van der Waals surface area (Å²) in [5.74, 6) is 0.247. The first kappa shape index (κ1) is 11.1. The number of rotatable bonds is 1. The largest absolute Gasteiger partial charge is 0.256 e. The summed E-state index contributed by atoms with van der Waals surface area (Å²) in [6.07, 6.45) is 6.06. The fourth-order valence-corrected chi connectivity index (χ4v) is 2.32. The van der Waals surface area contributed by atoms with Gasteiger partial charge in [-0.1, -0.05) is 19.1 Å². The van der Waals surface area contributed by atoms with Gasteiger partial charge in [0.15, 0.2) is 0 Å². The molecule has 0 saturated carbocycles. The van der Waals surface area contributed by atoms with Crippen LogP contribution in [0.2, 0.25) is 0 Å². The van der Waals surface area contributed by atoms with Gasteiger partial charge >= 0.3 is 0 Å². The van der Waals surface area contributed by atoms with Gasteiger partial charge in [0.1, 0.15) is 5.82 Å². The maximum Gasteiger partial charge on any atom is 0.126 e. The molecule has 0 radical (unpaired) electrons. The van der Waals surface area contributed by atoms with E-state index >= 15 is 0 Å². The van der Waals surface area contributed by atoms with Crippen molar-refractivity contribution >= 4 is 6.08 Å². The molecule has 1 nitrogen and oxygen atoms in total. The van der Waals surface area contributed by atoms with Crippen LogP contribution in [0.3, 0.4) is 0 Å². The van der Waals surface area contributed by atoms with Crippen LogP contribution in [0.5, 0.6) is 0 Å². The van der Waals surface area contributed by atoms with Gasteiger partial charge in [-0.2, -0.15) is 0 Å². The van der Waals surface area contributed by atoms with Gasteiger partial charge in [-0.15, -0.1) is 0 Å². The molecule has 1 aromatic carbocycles. The van der Waals surface area contributed by atoms with Gasteiger partial charge in [0.25, 0.3) is 0 Å². The molecule has 0 saturated heterocycles. The van der Waals surface area contributed by atoms with Crippen molar-refractivity contribution in [2.24, 2.45) is 0 Å². The van der Waals surface area contributed by atoms with Gasteiger partial charge in [0.2, 0.25) is 0 Å². The van der Waals surface area contributed by atoms with Gasteiger partial charge in [-0.3, -0.25) is 4.98 Å². The van der Waals surface area contributed by atoms with E-state index in [1.54, 1.807) is 13.0 Å². The van der Waals surface area contributed by atoms with Crippen LogP contribution in [0.15, 0.2) is 36.5 Å². The van der Waals surface area contributed by atoms with Crippen LogP contribution in [0, 0.1) is 12.7 Å². The Morgan fingerprint density at radius 1 is 1.17 bits per heavy atom. The highest BCUT2D eigenvalue weighted by Gasteiger charge is 2.15. The van der Waals surface area contributed by atoms with E-state index in [0.29, 0.717) is 11.5 Å². The summed E-state index contributed by atoms with van der Waals surface area (Å²) in [5, 5.41) is 0. The summed E-state index contributed by atoms with van der Waals surface area (Å²) in [4.78, 5) is 4.46. The molecular formula is C16H14FN. The standard InChI is InChI=1S/C16H14FN/c1-10-3-6-16-14(10)8-13(9-18-16)12-4-5-15(17)11(2)7-12/h3-10H,1-2H3. The Morgan fingerprint density at radius 2 is 2.00 bits per heavy atom. The van der Waals surface area contributed by atoms with Crippen LogP contribution in [0.1, 0.15) is 29.7 Å². The molecule has 2 heteroatoms. The zero-order chi connectivity index (χ0) is 12.7. The monoisotopic (exact) mass is 239 g/mol. The second-order valence-electron chi connectivity index (χ2n) is 4.81. The van der Waals surface area contributed by atoms with Gasteiger partial charge in [0, 0.05) is 17.7 Å². The number of hydrogen-bond donors (Lipinski definition) is 0. The molecular weight excluding hydrogens is 225 g/mol. The molecule has 90 valence electrons. The van der Waals surface area contributed by atoms with Crippen molar-refractivity contribution in [2.75, 3.05) is 0 Å². The molecule has 0 bridgehead atoms. The number of pyridine rings is 1. The molecule has 1 aromatic heterocycles. The summed E-state index contributed by atoms with van der Waals surface area (Å²) in [5.41, 5.74) is 5.02. The molecule has 0 spiro atoms. The highest BCUT2D eigenvalue weighted by atomic mass is 19.1. The molecule has 0 amide bonds. The summed E-state index contributed by atoms with van der Waals surface area (Å²) < 4.78 is 13.3. The van der Waals surface area contributed by atoms with E-state index in [9.17, 15) is 4.39 Å². The van der Waals surface area contributed by atoms with Crippen molar-refractivity contribution in [3.63, 3.8) is 0 Å². The number of benzene rings is 1. The van der Waals surface area contributed by atoms with Crippen LogP contribution in [0.25, 0.3) is 17.2 Å². The molecule has 1 atom stereocenters. The molecule has 1 unspecified atom stereocenters. The Kier molecular flexibility index (Phi) is 2.51. The predicted molar refractivity (Wildman–Crippen MR) is 71.8 cm³/mol. The summed E-state index contributed by atoms with van der Waals surface area (Å²) in [6, 6.07) is 7.34. The number of halogens is 1. The van der Waals surface area contributed by atoms with Crippen LogP contribution in [0.4, 0.5) is 4.39 Å². The molecule has 1 heterocycles. The third kappa shape index (κ3) is 1.74. The highest BCUT2D eigenvalue weighted by Crippen LogP contribution is 2.31. The Bertz CT molecular complexity index is 644. The zero-order valence-corrected chi connectivity index (χ0v) is 10.4. The number of allylic oxidation sites excluding steroid dienone is 1. The maximum atomic E-state index is 13.3. The second-order valence-corrected chi connectivity index (χ2v) is 4.81. The predicted octanol–water partition coefficient (Wildman–Crippen LogP) is 4.33. The SMILES string of the molecule is Cc1cc(-c2cnc3c(c2)C(C)C=C3)ccc1F. The highest BCUT2D eigenvalue weighted by molar-refractivity contribution is 5.68. The van der Waals surface area contributed by atoms with Crippen molar-refractivity contribution in [3.8, 4) is 11.1 Å². The first-order valence-electron chi connectivity index (χ1n) is 6.10. The number of hydrogen-bond acceptors (Lipinski definition) is 1. The fraction of sp³-hybridized carbons (Fsp3) is 0.188. The molecule has 0 N–H and O–H groups in total. The summed E-state index contributed by atoms with van der Waals surface area (Å²) >= 11 is 0. The van der Waals surface area contributed by atoms with Crippen molar-refractivity contribution in [1.82, 2.24) is 4.98 Å². The van der Waals surface area contributed by atoms with Gasteiger partial charge in [-0.25, -0.2) is 4.39 Å². The number of aromatic nitrogens is 1. The average Bonchev–Trinajstić information content (AvgIpc) is 2.74. The summed E-state index contributed by atoms with van der Waals surface area (Å²) in [6.45, 7) is 3.94. The van der Waals surface area contributed by atoms with Gasteiger partial charge in [0.05, 0.1) is 5.69 Å². The molecule has 2 aromatic rings. The van der Waals surface area contributed by atoms with Crippen LogP contribution in [-0.4, -0.2) is 4.98 Å². The van der Waals surface area contributed by atoms with E-state index in [-0.39, 0.29) is 5.82 Å². The van der Waals surface area contributed by atoms with E-state index in [2.05, 4.69) is 30.1 Å². The van der Waals surface area contributed by atoms with Crippen molar-refractivity contribution in [1.29, 1.82) is 0 Å². The molecule has 3 rings (SSSR count). The fourth-order valence-electron chi connectivity index (χ4n) is 2.32. The van der Waals surface area contributed by atoms with Crippen molar-refractivity contribution < 1.29 is 4.39 Å². The van der Waals surface area contributed by atoms with E-state index in [1.807, 2.05) is 12.3 Å². The van der Waals surface area contributed by atoms with Gasteiger partial charge in [-0.05, 0) is 47.9 Å². The zero-order valence-electron chi connectivity index (χ0n) is 10.4. The first-order valence-corrected chi connectivity index (χ1v) is 6.10. The van der Waals surface area contributed by atoms with Crippen LogP contribution < -0.4 is 0 Å². The van der Waals surface area contributed by atoms with E-state index < -0.39 is 0 Å². The minimum atomic E-state index is -0.164. The van der Waals surface area contributed by atoms with E-state index in [4.69, 9.17) is 0 Å². The Hall–Kier alpha value is -1.96. The first-order chi connectivity index (χ1) is 8.65. The minimum absolute atomic E-state index is 0.164. The maximum absolute atomic E-state index is 13.3. The minimum Gasteiger partial charge on any atom is -0.256 e. The van der Waals surface area contributed by atoms with E-state index in [0.717, 1.165) is 16.8 Å². The third-order valence-electron chi connectivity index (χ3n) is 3.47. The average molecular weight is 239 g/mol. The number of aryl methyl sites for hydroxylation is 1. The quantitative estimate of drug-likeness (QED) is 0.722. The van der Waals surface area contributed by atoms with Gasteiger partial charge < -0.3 is 0 Å². The molecule has 0 fully saturated rings. The lowest BCUT2D eigenvalue weighted by atomic mass is 9.99. The molecule has 1 aliphatic rings. The third-order valence-corrected chi connectivity index (χ3v) is 3.47. The van der Waals surface area contributed by atoms with Crippen molar-refractivity contribution in [2.45, 2.75) is 19.8 Å². The number of fused-ring (bicyclic) bond motifs is 1. The Labute approximate surface area is 106 Å². The van der Waals surface area contributed by atoms with E-state index in [1.165, 1.54) is 11.6 Å². The lowest BCUT2D eigenvalue weighted by Crippen LogP contribution is -1.92. The second kappa shape index (κ2) is 4.05. The molecule has 18 heavy (non-hydrogen) atoms. The Morgan fingerprint density at radius 3 is 2.78 bits per heavy atom. The topological polar surface area (TPSA) is 12.9 Å². The molecule has 1 aliphatic carbocycles. The Balaban J connectivity index is 2.08. The summed E-state index contributed by atoms with van der Waals surface area (Å²) in [7, 11) is 0. The lowest BCUT2D eigenvalue weighted by Gasteiger charge is -2.08. The van der Waals surface area contributed by atoms with Crippen LogP contribution >= 0.6 is 0 Å².